The number of para-hydroxylation sites is 1. The van der Waals surface area contributed by atoms with Crippen LogP contribution in [0, 0.1) is 0 Å². The normalized spacial score (nSPS) is 12.1. The predicted octanol–water partition coefficient (Wildman–Crippen LogP) is 8.83. The van der Waals surface area contributed by atoms with E-state index in [1.165, 1.54) is 31.4 Å². The molecule has 0 saturated heterocycles. The molecule has 0 bridgehead atoms. The van der Waals surface area contributed by atoms with E-state index in [-0.39, 0.29) is 0 Å². The number of anilines is 1. The number of rotatable bonds is 8. The third-order valence-electron chi connectivity index (χ3n) is 7.51. The van der Waals surface area contributed by atoms with E-state index in [0.29, 0.717) is 17.2 Å². The number of oxazole rings is 1. The predicted molar refractivity (Wildman–Crippen MR) is 156 cm³/mol. The van der Waals surface area contributed by atoms with Gasteiger partial charge in [0.15, 0.2) is 5.58 Å². The van der Waals surface area contributed by atoms with Crippen LogP contribution in [0.25, 0.3) is 66.4 Å². The zero-order chi connectivity index (χ0) is 25.6. The number of nitrogens with zero attached hydrogens (tertiary/aromatic N) is 3. The van der Waals surface area contributed by atoms with Gasteiger partial charge in [0.1, 0.15) is 16.8 Å². The highest BCUT2D eigenvalue weighted by atomic mass is 16.4. The zero-order valence-electron chi connectivity index (χ0n) is 21.8. The molecule has 7 rings (SSSR count). The highest BCUT2D eigenvalue weighted by Crippen LogP contribution is 2.45. The van der Waals surface area contributed by atoms with Gasteiger partial charge in [-0.1, -0.05) is 51.0 Å². The van der Waals surface area contributed by atoms with Gasteiger partial charge in [0.2, 0.25) is 11.5 Å². The van der Waals surface area contributed by atoms with Crippen molar-refractivity contribution in [1.29, 1.82) is 0 Å². The van der Waals surface area contributed by atoms with E-state index in [9.17, 15) is 0 Å². The van der Waals surface area contributed by atoms with Crippen molar-refractivity contribution in [2.75, 3.05) is 18.0 Å². The second-order valence-electron chi connectivity index (χ2n) is 10.0. The van der Waals surface area contributed by atoms with Crippen molar-refractivity contribution in [2.45, 2.75) is 39.5 Å². The van der Waals surface area contributed by atoms with E-state index in [4.69, 9.17) is 13.8 Å². The molecule has 190 valence electrons. The molecule has 0 aliphatic carbocycles. The minimum Gasteiger partial charge on any atom is -0.452 e. The number of fused-ring (bicyclic) bond motifs is 10. The molecule has 0 spiro atoms. The summed E-state index contributed by atoms with van der Waals surface area (Å²) >= 11 is 0. The molecule has 0 aliphatic heterocycles. The Hall–Kier alpha value is -4.32. The molecule has 0 unspecified atom stereocenters. The van der Waals surface area contributed by atoms with E-state index in [1.54, 1.807) is 6.20 Å². The van der Waals surface area contributed by atoms with Gasteiger partial charge < -0.3 is 18.7 Å². The number of pyridine rings is 1. The van der Waals surface area contributed by atoms with Crippen LogP contribution in [0.15, 0.2) is 75.7 Å². The van der Waals surface area contributed by atoms with E-state index < -0.39 is 0 Å². The van der Waals surface area contributed by atoms with Crippen molar-refractivity contribution in [1.82, 2.24) is 15.0 Å². The maximum Gasteiger partial charge on any atom is 0.246 e. The van der Waals surface area contributed by atoms with Gasteiger partial charge in [-0.2, -0.15) is 0 Å². The first-order valence-corrected chi connectivity index (χ1v) is 13.6. The Balaban J connectivity index is 1.53. The average molecular weight is 503 g/mol. The van der Waals surface area contributed by atoms with Gasteiger partial charge in [0, 0.05) is 58.1 Å². The lowest BCUT2D eigenvalue weighted by Gasteiger charge is -2.24. The summed E-state index contributed by atoms with van der Waals surface area (Å²) in [5, 5.41) is 4.41. The Labute approximate surface area is 220 Å². The van der Waals surface area contributed by atoms with Crippen molar-refractivity contribution >= 4 is 60.5 Å². The molecule has 0 atom stereocenters. The number of aromatic amines is 1. The summed E-state index contributed by atoms with van der Waals surface area (Å²) in [6.45, 7) is 6.59. The van der Waals surface area contributed by atoms with Crippen LogP contribution >= 0.6 is 0 Å². The standard InChI is InChI=1S/C32H30N4O2/c1-3-5-17-36(18-6-4-2)20-14-15-22-25(19-20)37-30-27(22)26-21-11-7-8-12-23(21)34-28(26)29-31(30)38-32(35-29)24-13-9-10-16-33-24/h7-16,19,34H,3-6,17-18H2,1-2H3. The Morgan fingerprint density at radius 3 is 2.42 bits per heavy atom. The third kappa shape index (κ3) is 3.55. The molecule has 6 heteroatoms. The maximum absolute atomic E-state index is 6.65. The van der Waals surface area contributed by atoms with Crippen molar-refractivity contribution in [3.05, 3.63) is 66.9 Å². The van der Waals surface area contributed by atoms with Gasteiger partial charge in [0.05, 0.1) is 5.52 Å². The highest BCUT2D eigenvalue weighted by Gasteiger charge is 2.24. The molecule has 3 aromatic carbocycles. The molecule has 4 heterocycles. The minimum absolute atomic E-state index is 0.486. The molecule has 1 N–H and O–H groups in total. The van der Waals surface area contributed by atoms with Crippen molar-refractivity contribution < 1.29 is 8.83 Å². The number of aromatic nitrogens is 3. The van der Waals surface area contributed by atoms with Crippen LogP contribution < -0.4 is 4.90 Å². The zero-order valence-corrected chi connectivity index (χ0v) is 21.8. The number of H-pyrrole nitrogens is 1. The first-order chi connectivity index (χ1) is 18.8. The highest BCUT2D eigenvalue weighted by molar-refractivity contribution is 6.34. The maximum atomic E-state index is 6.65. The number of hydrogen-bond acceptors (Lipinski definition) is 5. The second-order valence-corrected chi connectivity index (χ2v) is 10.0. The van der Waals surface area contributed by atoms with Crippen LogP contribution in [0.3, 0.4) is 0 Å². The molecule has 0 aliphatic rings. The molecular formula is C32H30N4O2. The average Bonchev–Trinajstić information content (AvgIpc) is 3.66. The molecule has 0 saturated carbocycles. The fourth-order valence-corrected chi connectivity index (χ4v) is 5.58. The first kappa shape index (κ1) is 22.8. The van der Waals surface area contributed by atoms with Crippen LogP contribution in [0.2, 0.25) is 0 Å². The van der Waals surface area contributed by atoms with Crippen molar-refractivity contribution in [2.24, 2.45) is 0 Å². The summed E-state index contributed by atoms with van der Waals surface area (Å²) in [6.07, 6.45) is 6.45. The summed E-state index contributed by atoms with van der Waals surface area (Å²) < 4.78 is 13.0. The Morgan fingerprint density at radius 1 is 0.816 bits per heavy atom. The van der Waals surface area contributed by atoms with Crippen LogP contribution in [0.1, 0.15) is 39.5 Å². The topological polar surface area (TPSA) is 71.1 Å². The van der Waals surface area contributed by atoms with E-state index in [2.05, 4.69) is 71.2 Å². The van der Waals surface area contributed by atoms with Gasteiger partial charge in [-0.3, -0.25) is 4.98 Å². The largest absolute Gasteiger partial charge is 0.452 e. The lowest BCUT2D eigenvalue weighted by atomic mass is 10.0. The molecule has 0 fully saturated rings. The van der Waals surface area contributed by atoms with Gasteiger partial charge in [-0.05, 0) is 43.2 Å². The summed E-state index contributed by atoms with van der Waals surface area (Å²) in [4.78, 5) is 15.5. The Morgan fingerprint density at radius 2 is 1.63 bits per heavy atom. The lowest BCUT2D eigenvalue weighted by Crippen LogP contribution is -2.25. The number of unbranched alkanes of at least 4 members (excludes halogenated alkanes) is 2. The second kappa shape index (κ2) is 9.21. The number of nitrogens with one attached hydrogen (secondary N) is 1. The van der Waals surface area contributed by atoms with Crippen molar-refractivity contribution in [3.8, 4) is 11.6 Å². The quantitative estimate of drug-likeness (QED) is 0.225. The van der Waals surface area contributed by atoms with E-state index in [0.717, 1.165) is 62.4 Å². The summed E-state index contributed by atoms with van der Waals surface area (Å²) in [7, 11) is 0. The van der Waals surface area contributed by atoms with Crippen molar-refractivity contribution in [3.63, 3.8) is 0 Å². The number of hydrogen-bond donors (Lipinski definition) is 1. The van der Waals surface area contributed by atoms with E-state index in [1.807, 2.05) is 18.2 Å². The summed E-state index contributed by atoms with van der Waals surface area (Å²) in [6, 6.07) is 20.8. The first-order valence-electron chi connectivity index (χ1n) is 13.6. The fourth-order valence-electron chi connectivity index (χ4n) is 5.58. The molecular weight excluding hydrogens is 472 g/mol. The lowest BCUT2D eigenvalue weighted by molar-refractivity contribution is 0.601. The number of benzene rings is 3. The SMILES string of the molecule is CCCCN(CCCC)c1ccc2c(c1)oc1c3oc(-c4ccccn4)nc3c3[nH]c4ccccc4c3c21. The minimum atomic E-state index is 0.486. The van der Waals surface area contributed by atoms with Crippen LogP contribution in [-0.2, 0) is 0 Å². The van der Waals surface area contributed by atoms with Crippen LogP contribution in [-0.4, -0.2) is 28.0 Å². The van der Waals surface area contributed by atoms with E-state index >= 15 is 0 Å². The van der Waals surface area contributed by atoms with Crippen LogP contribution in [0.5, 0.6) is 0 Å². The molecule has 4 aromatic heterocycles. The monoisotopic (exact) mass is 502 g/mol. The van der Waals surface area contributed by atoms with Gasteiger partial charge in [0.25, 0.3) is 0 Å². The summed E-state index contributed by atoms with van der Waals surface area (Å²) in [5.41, 5.74) is 6.92. The number of furan rings is 1. The Bertz CT molecular complexity index is 1900. The van der Waals surface area contributed by atoms with Crippen LogP contribution in [0.4, 0.5) is 5.69 Å². The van der Waals surface area contributed by atoms with Gasteiger partial charge in [-0.15, -0.1) is 0 Å². The summed E-state index contributed by atoms with van der Waals surface area (Å²) in [5.74, 6) is 0.486. The molecule has 38 heavy (non-hydrogen) atoms. The fraction of sp³-hybridized carbons (Fsp3) is 0.250. The molecule has 6 nitrogen and oxygen atoms in total. The van der Waals surface area contributed by atoms with Gasteiger partial charge in [-0.25, -0.2) is 4.98 Å². The molecule has 7 aromatic rings. The van der Waals surface area contributed by atoms with Gasteiger partial charge >= 0.3 is 0 Å². The smallest absolute Gasteiger partial charge is 0.246 e. The molecule has 0 radical (unpaired) electrons. The molecule has 0 amide bonds. The Kier molecular flexibility index (Phi) is 5.54. The third-order valence-corrected chi connectivity index (χ3v) is 7.51.